The zero-order valence-electron chi connectivity index (χ0n) is 8.94. The van der Waals surface area contributed by atoms with Crippen molar-refractivity contribution < 1.29 is 0 Å². The summed E-state index contributed by atoms with van der Waals surface area (Å²) in [6.07, 6.45) is 2.98. The molecule has 2 aromatic heterocycles. The average Bonchev–Trinajstić information content (AvgIpc) is 2.88. The van der Waals surface area contributed by atoms with Crippen molar-refractivity contribution in [2.24, 2.45) is 0 Å². The van der Waals surface area contributed by atoms with Crippen molar-refractivity contribution in [2.75, 3.05) is 6.54 Å². The quantitative estimate of drug-likeness (QED) is 0.906. The minimum atomic E-state index is 0.404. The molecule has 1 atom stereocenters. The molecule has 0 fully saturated rings. The number of thiophene rings is 1. The van der Waals surface area contributed by atoms with Crippen LogP contribution >= 0.6 is 38.6 Å². The highest BCUT2D eigenvalue weighted by Crippen LogP contribution is 2.28. The Balaban J connectivity index is 2.11. The number of nitrogens with one attached hydrogen (secondary N) is 1. The number of hydrogen-bond donors (Lipinski definition) is 1. The van der Waals surface area contributed by atoms with Gasteiger partial charge in [0.25, 0.3) is 0 Å². The summed E-state index contributed by atoms with van der Waals surface area (Å²) >= 11 is 7.02. The summed E-state index contributed by atoms with van der Waals surface area (Å²) in [5.74, 6) is 0. The van der Waals surface area contributed by atoms with Crippen LogP contribution in [0.5, 0.6) is 0 Å². The topological polar surface area (TPSA) is 24.9 Å². The highest BCUT2D eigenvalue weighted by atomic mass is 79.9. The first kappa shape index (κ1) is 12.2. The van der Waals surface area contributed by atoms with Gasteiger partial charge in [0.05, 0.1) is 5.51 Å². The highest BCUT2D eigenvalue weighted by molar-refractivity contribution is 9.10. The van der Waals surface area contributed by atoms with Gasteiger partial charge in [-0.25, -0.2) is 0 Å². The summed E-state index contributed by atoms with van der Waals surface area (Å²) in [7, 11) is 0. The van der Waals surface area contributed by atoms with E-state index in [0.717, 1.165) is 13.0 Å². The molecule has 2 aromatic rings. The van der Waals surface area contributed by atoms with Crippen molar-refractivity contribution in [1.29, 1.82) is 0 Å². The third kappa shape index (κ3) is 3.13. The summed E-state index contributed by atoms with van der Waals surface area (Å²) in [5.41, 5.74) is 1.89. The molecule has 2 rings (SSSR count). The fourth-order valence-electron chi connectivity index (χ4n) is 1.57. The maximum atomic E-state index is 4.12. The number of hydrogen-bond acceptors (Lipinski definition) is 4. The minimum absolute atomic E-state index is 0.404. The van der Waals surface area contributed by atoms with E-state index in [2.05, 4.69) is 44.6 Å². The van der Waals surface area contributed by atoms with Gasteiger partial charge in [0, 0.05) is 38.3 Å². The zero-order chi connectivity index (χ0) is 11.4. The second-order valence-corrected chi connectivity index (χ2v) is 6.28. The van der Waals surface area contributed by atoms with Crippen molar-refractivity contribution in [1.82, 2.24) is 10.3 Å². The van der Waals surface area contributed by atoms with Crippen LogP contribution < -0.4 is 5.32 Å². The SMILES string of the molecule is CCNC(Cc1cncs1)c1cc(Br)cs1. The predicted molar refractivity (Wildman–Crippen MR) is 74.3 cm³/mol. The van der Waals surface area contributed by atoms with Crippen molar-refractivity contribution in [2.45, 2.75) is 19.4 Å². The van der Waals surface area contributed by atoms with Gasteiger partial charge >= 0.3 is 0 Å². The maximum Gasteiger partial charge on any atom is 0.0794 e. The Hall–Kier alpha value is -0.230. The molecule has 5 heteroatoms. The van der Waals surface area contributed by atoms with E-state index in [1.54, 1.807) is 22.7 Å². The highest BCUT2D eigenvalue weighted by Gasteiger charge is 2.13. The Bertz CT molecular complexity index is 425. The van der Waals surface area contributed by atoms with Crippen LogP contribution in [-0.4, -0.2) is 11.5 Å². The third-order valence-corrected chi connectivity index (χ3v) is 4.88. The number of aromatic nitrogens is 1. The predicted octanol–water partition coefficient (Wildman–Crippen LogP) is 3.86. The number of halogens is 1. The lowest BCUT2D eigenvalue weighted by molar-refractivity contribution is 0.561. The van der Waals surface area contributed by atoms with Crippen molar-refractivity contribution in [3.63, 3.8) is 0 Å². The van der Waals surface area contributed by atoms with E-state index in [4.69, 9.17) is 0 Å². The Kier molecular flexibility index (Phi) is 4.52. The van der Waals surface area contributed by atoms with Gasteiger partial charge in [-0.2, -0.15) is 0 Å². The molecular formula is C11H13BrN2S2. The number of likely N-dealkylation sites (N-methyl/N-ethyl adjacent to an activating group) is 1. The van der Waals surface area contributed by atoms with E-state index >= 15 is 0 Å². The van der Waals surface area contributed by atoms with Crippen LogP contribution in [0.25, 0.3) is 0 Å². The molecular weight excluding hydrogens is 304 g/mol. The molecule has 0 amide bonds. The summed E-state index contributed by atoms with van der Waals surface area (Å²) in [5, 5.41) is 5.65. The first-order valence-corrected chi connectivity index (χ1v) is 7.69. The Morgan fingerprint density at radius 1 is 1.50 bits per heavy atom. The van der Waals surface area contributed by atoms with Crippen LogP contribution in [0.3, 0.4) is 0 Å². The summed E-state index contributed by atoms with van der Waals surface area (Å²) < 4.78 is 1.17. The van der Waals surface area contributed by atoms with Crippen LogP contribution in [0.2, 0.25) is 0 Å². The molecule has 0 aliphatic rings. The zero-order valence-corrected chi connectivity index (χ0v) is 12.2. The van der Waals surface area contributed by atoms with E-state index < -0.39 is 0 Å². The second kappa shape index (κ2) is 5.91. The molecule has 16 heavy (non-hydrogen) atoms. The fraction of sp³-hybridized carbons (Fsp3) is 0.364. The molecule has 2 heterocycles. The molecule has 0 aromatic carbocycles. The molecule has 0 aliphatic carbocycles. The van der Waals surface area contributed by atoms with Gasteiger partial charge in [-0.05, 0) is 28.5 Å². The van der Waals surface area contributed by atoms with Crippen LogP contribution in [-0.2, 0) is 6.42 Å². The van der Waals surface area contributed by atoms with Crippen LogP contribution in [0, 0.1) is 0 Å². The molecule has 0 bridgehead atoms. The minimum Gasteiger partial charge on any atom is -0.309 e. The average molecular weight is 317 g/mol. The molecule has 0 aliphatic heterocycles. The monoisotopic (exact) mass is 316 g/mol. The van der Waals surface area contributed by atoms with Gasteiger partial charge in [-0.15, -0.1) is 22.7 Å². The lowest BCUT2D eigenvalue weighted by Gasteiger charge is -2.14. The van der Waals surface area contributed by atoms with Gasteiger partial charge in [-0.1, -0.05) is 6.92 Å². The lowest BCUT2D eigenvalue weighted by Crippen LogP contribution is -2.21. The van der Waals surface area contributed by atoms with Gasteiger partial charge in [0.15, 0.2) is 0 Å². The van der Waals surface area contributed by atoms with Crippen molar-refractivity contribution >= 4 is 38.6 Å². The summed E-state index contributed by atoms with van der Waals surface area (Å²) in [6, 6.07) is 2.60. The number of nitrogens with zero attached hydrogens (tertiary/aromatic N) is 1. The Morgan fingerprint density at radius 3 is 2.94 bits per heavy atom. The summed E-state index contributed by atoms with van der Waals surface area (Å²) in [4.78, 5) is 6.83. The number of rotatable bonds is 5. The smallest absolute Gasteiger partial charge is 0.0794 e. The van der Waals surface area contributed by atoms with Crippen molar-refractivity contribution in [3.05, 3.63) is 37.4 Å². The van der Waals surface area contributed by atoms with Crippen molar-refractivity contribution in [3.8, 4) is 0 Å². The van der Waals surface area contributed by atoms with E-state index in [9.17, 15) is 0 Å². The molecule has 0 saturated carbocycles. The lowest BCUT2D eigenvalue weighted by atomic mass is 10.1. The number of thiazole rings is 1. The standard InChI is InChI=1S/C11H13BrN2S2/c1-2-14-10(4-9-5-13-7-16-9)11-3-8(12)6-15-11/h3,5-7,10,14H,2,4H2,1H3. The second-order valence-electron chi connectivity index (χ2n) is 3.45. The third-order valence-electron chi connectivity index (χ3n) is 2.27. The molecule has 1 unspecified atom stereocenters. The molecule has 0 saturated heterocycles. The van der Waals surface area contributed by atoms with E-state index in [1.807, 2.05) is 11.7 Å². The molecule has 2 nitrogen and oxygen atoms in total. The normalized spacial score (nSPS) is 12.9. The van der Waals surface area contributed by atoms with E-state index in [1.165, 1.54) is 14.2 Å². The van der Waals surface area contributed by atoms with Gasteiger partial charge in [-0.3, -0.25) is 4.98 Å². The van der Waals surface area contributed by atoms with E-state index in [0.29, 0.717) is 6.04 Å². The van der Waals surface area contributed by atoms with Gasteiger partial charge in [0.2, 0.25) is 0 Å². The molecule has 0 spiro atoms. The maximum absolute atomic E-state index is 4.12. The molecule has 0 radical (unpaired) electrons. The van der Waals surface area contributed by atoms with Crippen LogP contribution in [0.4, 0.5) is 0 Å². The van der Waals surface area contributed by atoms with Gasteiger partial charge in [0.1, 0.15) is 0 Å². The Morgan fingerprint density at radius 2 is 2.38 bits per heavy atom. The Labute approximate surface area is 112 Å². The van der Waals surface area contributed by atoms with Crippen LogP contribution in [0.1, 0.15) is 22.7 Å². The van der Waals surface area contributed by atoms with Gasteiger partial charge < -0.3 is 5.32 Å². The fourth-order valence-corrected chi connectivity index (χ4v) is 3.74. The van der Waals surface area contributed by atoms with Crippen LogP contribution in [0.15, 0.2) is 27.6 Å². The van der Waals surface area contributed by atoms with E-state index in [-0.39, 0.29) is 0 Å². The first-order chi connectivity index (χ1) is 7.79. The largest absolute Gasteiger partial charge is 0.309 e. The first-order valence-electron chi connectivity index (χ1n) is 5.14. The molecule has 1 N–H and O–H groups in total. The molecule has 86 valence electrons. The summed E-state index contributed by atoms with van der Waals surface area (Å²) in [6.45, 7) is 3.13.